The monoisotopic (exact) mass is 333 g/mol. The predicted octanol–water partition coefficient (Wildman–Crippen LogP) is 3.63. The molecule has 0 heterocycles. The molecule has 1 unspecified atom stereocenters. The van der Waals surface area contributed by atoms with Crippen molar-refractivity contribution in [3.8, 4) is 5.75 Å². The van der Waals surface area contributed by atoms with Crippen LogP contribution < -0.4 is 4.74 Å². The van der Waals surface area contributed by atoms with Crippen LogP contribution in [0.5, 0.6) is 5.75 Å². The summed E-state index contributed by atoms with van der Waals surface area (Å²) in [7, 11) is -1.89. The second kappa shape index (κ2) is 8.01. The topological polar surface area (TPSA) is 46.6 Å². The van der Waals surface area contributed by atoms with Gasteiger partial charge >= 0.3 is 0 Å². The van der Waals surface area contributed by atoms with Crippen molar-refractivity contribution >= 4 is 21.6 Å². The maximum Gasteiger partial charge on any atom is 0.243 e. The maximum absolute atomic E-state index is 12.6. The zero-order chi connectivity index (χ0) is 16.0. The molecule has 120 valence electrons. The predicted molar refractivity (Wildman–Crippen MR) is 86.5 cm³/mol. The molecule has 6 heteroatoms. The molecule has 0 radical (unpaired) electrons. The molecule has 0 N–H and O–H groups in total. The van der Waals surface area contributed by atoms with Gasteiger partial charge < -0.3 is 4.74 Å². The summed E-state index contributed by atoms with van der Waals surface area (Å²) in [5, 5.41) is 0. The fourth-order valence-corrected chi connectivity index (χ4v) is 3.77. The third-order valence-corrected chi connectivity index (χ3v) is 5.74. The first-order chi connectivity index (χ1) is 9.88. The summed E-state index contributed by atoms with van der Waals surface area (Å²) in [4.78, 5) is 0.257. The van der Waals surface area contributed by atoms with E-state index in [1.54, 1.807) is 25.2 Å². The molecule has 0 spiro atoms. The van der Waals surface area contributed by atoms with Gasteiger partial charge in [-0.2, -0.15) is 4.31 Å². The van der Waals surface area contributed by atoms with Gasteiger partial charge in [-0.1, -0.05) is 13.3 Å². The van der Waals surface area contributed by atoms with Crippen LogP contribution in [0, 0.1) is 0 Å². The molecule has 1 atom stereocenters. The molecule has 0 saturated carbocycles. The Hall–Kier alpha value is -0.780. The van der Waals surface area contributed by atoms with E-state index in [1.165, 1.54) is 4.31 Å². The summed E-state index contributed by atoms with van der Waals surface area (Å²) in [6.07, 6.45) is 1.77. The number of ether oxygens (including phenoxy) is 1. The Kier molecular flexibility index (Phi) is 6.97. The number of hydrogen-bond donors (Lipinski definition) is 0. The normalized spacial score (nSPS) is 13.4. The Morgan fingerprint density at radius 2 is 2.00 bits per heavy atom. The molecule has 0 saturated heterocycles. The van der Waals surface area contributed by atoms with Crippen molar-refractivity contribution in [2.75, 3.05) is 13.7 Å². The molecule has 1 aromatic rings. The number of hydrogen-bond acceptors (Lipinski definition) is 3. The van der Waals surface area contributed by atoms with Crippen LogP contribution in [0.1, 0.15) is 39.2 Å². The Morgan fingerprint density at radius 3 is 2.52 bits per heavy atom. The van der Waals surface area contributed by atoms with Crippen LogP contribution in [0.15, 0.2) is 23.1 Å². The van der Waals surface area contributed by atoms with Gasteiger partial charge in [0.05, 0.1) is 17.4 Å². The molecule has 0 aromatic heterocycles. The van der Waals surface area contributed by atoms with Crippen molar-refractivity contribution < 1.29 is 13.2 Å². The molecule has 0 bridgehead atoms. The van der Waals surface area contributed by atoms with Crippen molar-refractivity contribution in [3.05, 3.63) is 23.8 Å². The molecule has 4 nitrogen and oxygen atoms in total. The van der Waals surface area contributed by atoms with E-state index in [0.717, 1.165) is 12.8 Å². The Balaban J connectivity index is 3.14. The maximum atomic E-state index is 12.6. The van der Waals surface area contributed by atoms with Crippen molar-refractivity contribution in [2.24, 2.45) is 0 Å². The fourth-order valence-electron chi connectivity index (χ4n) is 2.12. The van der Waals surface area contributed by atoms with Gasteiger partial charge in [-0.05, 0) is 38.5 Å². The molecule has 1 aromatic carbocycles. The summed E-state index contributed by atoms with van der Waals surface area (Å²) in [5.41, 5.74) is 0.691. The van der Waals surface area contributed by atoms with Crippen LogP contribution in [0.4, 0.5) is 0 Å². The number of benzene rings is 1. The minimum atomic E-state index is -3.51. The van der Waals surface area contributed by atoms with Crippen molar-refractivity contribution in [2.45, 2.75) is 50.4 Å². The third-order valence-electron chi connectivity index (χ3n) is 3.48. The molecular weight excluding hydrogens is 310 g/mol. The van der Waals surface area contributed by atoms with Crippen LogP contribution >= 0.6 is 11.6 Å². The van der Waals surface area contributed by atoms with Crippen LogP contribution in [-0.4, -0.2) is 32.4 Å². The Labute approximate surface area is 133 Å². The average Bonchev–Trinajstić information content (AvgIpc) is 2.47. The van der Waals surface area contributed by atoms with Gasteiger partial charge in [0, 0.05) is 18.7 Å². The molecule has 0 aliphatic rings. The average molecular weight is 334 g/mol. The van der Waals surface area contributed by atoms with Crippen LogP contribution in [0.25, 0.3) is 0 Å². The van der Waals surface area contributed by atoms with E-state index < -0.39 is 10.0 Å². The SMILES string of the molecule is CCCC(C)N(C)S(=O)(=O)c1ccc(OCC)c(CCl)c1. The minimum Gasteiger partial charge on any atom is -0.494 e. The van der Waals surface area contributed by atoms with E-state index in [1.807, 2.05) is 20.8 Å². The summed E-state index contributed by atoms with van der Waals surface area (Å²) < 4.78 is 32.1. The standard InChI is InChI=1S/C15H24ClNO3S/c1-5-7-12(3)17(4)21(18,19)14-8-9-15(20-6-2)13(10-14)11-16/h8-10,12H,5-7,11H2,1-4H3. The van der Waals surface area contributed by atoms with E-state index in [2.05, 4.69) is 0 Å². The number of sulfonamides is 1. The largest absolute Gasteiger partial charge is 0.494 e. The smallest absolute Gasteiger partial charge is 0.243 e. The van der Waals surface area contributed by atoms with Crippen molar-refractivity contribution in [1.29, 1.82) is 0 Å². The second-order valence-corrected chi connectivity index (χ2v) is 7.26. The van der Waals surface area contributed by atoms with Gasteiger partial charge in [-0.15, -0.1) is 11.6 Å². The Morgan fingerprint density at radius 1 is 1.33 bits per heavy atom. The summed E-state index contributed by atoms with van der Waals surface area (Å²) in [6.45, 7) is 6.35. The van der Waals surface area contributed by atoms with Gasteiger partial charge in [-0.25, -0.2) is 8.42 Å². The first-order valence-corrected chi connectivity index (χ1v) is 9.15. The summed E-state index contributed by atoms with van der Waals surface area (Å²) >= 11 is 5.89. The lowest BCUT2D eigenvalue weighted by Gasteiger charge is -2.24. The fraction of sp³-hybridized carbons (Fsp3) is 0.600. The van der Waals surface area contributed by atoms with Crippen LogP contribution in [-0.2, 0) is 15.9 Å². The van der Waals surface area contributed by atoms with Crippen molar-refractivity contribution in [1.82, 2.24) is 4.31 Å². The lowest BCUT2D eigenvalue weighted by molar-refractivity contribution is 0.337. The van der Waals surface area contributed by atoms with Gasteiger partial charge in [0.1, 0.15) is 5.75 Å². The molecule has 0 aliphatic heterocycles. The first kappa shape index (κ1) is 18.3. The van der Waals surface area contributed by atoms with Crippen molar-refractivity contribution in [3.63, 3.8) is 0 Å². The minimum absolute atomic E-state index is 0.0361. The number of alkyl halides is 1. The van der Waals surface area contributed by atoms with Crippen LogP contribution in [0.2, 0.25) is 0 Å². The van der Waals surface area contributed by atoms with Gasteiger partial charge in [0.15, 0.2) is 0 Å². The highest BCUT2D eigenvalue weighted by molar-refractivity contribution is 7.89. The highest BCUT2D eigenvalue weighted by Crippen LogP contribution is 2.26. The van der Waals surface area contributed by atoms with Gasteiger partial charge in [0.2, 0.25) is 10.0 Å². The molecule has 0 amide bonds. The third kappa shape index (κ3) is 4.34. The lowest BCUT2D eigenvalue weighted by atomic mass is 10.2. The molecule has 0 aliphatic carbocycles. The summed E-state index contributed by atoms with van der Waals surface area (Å²) in [6, 6.07) is 4.81. The summed E-state index contributed by atoms with van der Waals surface area (Å²) in [5.74, 6) is 0.850. The first-order valence-electron chi connectivity index (χ1n) is 7.18. The molecule has 0 fully saturated rings. The molecular formula is C15H24ClNO3S. The zero-order valence-electron chi connectivity index (χ0n) is 13.1. The van der Waals surface area contributed by atoms with Crippen LogP contribution in [0.3, 0.4) is 0 Å². The highest BCUT2D eigenvalue weighted by Gasteiger charge is 2.25. The number of nitrogens with zero attached hydrogens (tertiary/aromatic N) is 1. The van der Waals surface area contributed by atoms with E-state index in [0.29, 0.717) is 17.9 Å². The zero-order valence-corrected chi connectivity index (χ0v) is 14.7. The number of rotatable bonds is 8. The lowest BCUT2D eigenvalue weighted by Crippen LogP contribution is -2.35. The van der Waals surface area contributed by atoms with E-state index in [9.17, 15) is 8.42 Å². The molecule has 1 rings (SSSR count). The Bertz CT molecular complexity index is 560. The van der Waals surface area contributed by atoms with Gasteiger partial charge in [-0.3, -0.25) is 0 Å². The van der Waals surface area contributed by atoms with E-state index in [-0.39, 0.29) is 16.8 Å². The highest BCUT2D eigenvalue weighted by atomic mass is 35.5. The second-order valence-electron chi connectivity index (χ2n) is 5.00. The number of halogens is 1. The van der Waals surface area contributed by atoms with E-state index in [4.69, 9.17) is 16.3 Å². The van der Waals surface area contributed by atoms with E-state index >= 15 is 0 Å². The molecule has 21 heavy (non-hydrogen) atoms. The van der Waals surface area contributed by atoms with Gasteiger partial charge in [0.25, 0.3) is 0 Å². The quantitative estimate of drug-likeness (QED) is 0.682.